The number of amides is 1. The van der Waals surface area contributed by atoms with Crippen molar-refractivity contribution in [1.82, 2.24) is 25.4 Å². The number of hydrogen-bond donors (Lipinski definition) is 1. The van der Waals surface area contributed by atoms with E-state index in [9.17, 15) is 4.79 Å². The number of nitrogens with zero attached hydrogens (tertiary/aromatic N) is 4. The van der Waals surface area contributed by atoms with E-state index in [1.54, 1.807) is 18.5 Å². The zero-order valence-electron chi connectivity index (χ0n) is 15.1. The molecule has 0 aliphatic carbocycles. The predicted octanol–water partition coefficient (Wildman–Crippen LogP) is 1.94. The van der Waals surface area contributed by atoms with Gasteiger partial charge in [-0.3, -0.25) is 4.79 Å². The molecule has 2 aromatic heterocycles. The molecule has 3 aromatic rings. The highest BCUT2D eigenvalue weighted by molar-refractivity contribution is 5.76. The number of carbonyl (C=O) groups is 1. The van der Waals surface area contributed by atoms with Crippen molar-refractivity contribution in [2.24, 2.45) is 0 Å². The van der Waals surface area contributed by atoms with Gasteiger partial charge in [-0.15, -0.1) is 0 Å². The molecule has 0 fully saturated rings. The van der Waals surface area contributed by atoms with E-state index in [0.29, 0.717) is 49.5 Å². The number of nitrogens with one attached hydrogen (secondary N) is 1. The standard InChI is InChI=1S/C19H19N5O4/c25-16(5-6-17-23-19(24-28-17)18-20-7-1-8-21-18)22-12-13-3-4-14-15(11-13)27-10-2-9-26-14/h1,3-4,7-8,11H,2,5-6,9-10,12H2,(H,22,25). The van der Waals surface area contributed by atoms with Gasteiger partial charge in [0.1, 0.15) is 0 Å². The van der Waals surface area contributed by atoms with Gasteiger partial charge in [0.2, 0.25) is 23.4 Å². The van der Waals surface area contributed by atoms with Crippen LogP contribution in [0.2, 0.25) is 0 Å². The monoisotopic (exact) mass is 381 g/mol. The van der Waals surface area contributed by atoms with Gasteiger partial charge in [0, 0.05) is 38.2 Å². The molecule has 1 aromatic carbocycles. The minimum atomic E-state index is -0.108. The van der Waals surface area contributed by atoms with Gasteiger partial charge in [0.05, 0.1) is 13.2 Å². The van der Waals surface area contributed by atoms with Gasteiger partial charge in [0.25, 0.3) is 0 Å². The van der Waals surface area contributed by atoms with Gasteiger partial charge in [-0.25, -0.2) is 9.97 Å². The Kier molecular flexibility index (Phi) is 5.41. The largest absolute Gasteiger partial charge is 0.490 e. The number of ether oxygens (including phenoxy) is 2. The first-order valence-corrected chi connectivity index (χ1v) is 9.03. The highest BCUT2D eigenvalue weighted by atomic mass is 16.5. The molecule has 9 heteroatoms. The smallest absolute Gasteiger partial charge is 0.240 e. The van der Waals surface area contributed by atoms with Crippen molar-refractivity contribution in [3.05, 3.63) is 48.1 Å². The molecule has 3 heterocycles. The summed E-state index contributed by atoms with van der Waals surface area (Å²) in [6.07, 6.45) is 4.64. The molecule has 0 saturated carbocycles. The summed E-state index contributed by atoms with van der Waals surface area (Å²) in [6.45, 7) is 1.68. The van der Waals surface area contributed by atoms with E-state index in [2.05, 4.69) is 25.4 Å². The van der Waals surface area contributed by atoms with Gasteiger partial charge in [-0.05, 0) is 23.8 Å². The molecule has 1 aliphatic heterocycles. The Balaban J connectivity index is 1.27. The Morgan fingerprint density at radius 1 is 1.07 bits per heavy atom. The lowest BCUT2D eigenvalue weighted by atomic mass is 10.2. The van der Waals surface area contributed by atoms with Crippen LogP contribution in [-0.4, -0.2) is 39.2 Å². The predicted molar refractivity (Wildman–Crippen MR) is 97.5 cm³/mol. The maximum Gasteiger partial charge on any atom is 0.240 e. The van der Waals surface area contributed by atoms with Gasteiger partial charge in [-0.1, -0.05) is 11.2 Å². The summed E-state index contributed by atoms with van der Waals surface area (Å²) in [7, 11) is 0. The van der Waals surface area contributed by atoms with Crippen LogP contribution in [0.3, 0.4) is 0 Å². The minimum absolute atomic E-state index is 0.108. The average Bonchev–Trinajstić information content (AvgIpc) is 3.09. The van der Waals surface area contributed by atoms with E-state index in [1.165, 1.54) is 0 Å². The van der Waals surface area contributed by atoms with Crippen LogP contribution in [0, 0.1) is 0 Å². The first-order chi connectivity index (χ1) is 13.8. The summed E-state index contributed by atoms with van der Waals surface area (Å²) in [5.74, 6) is 2.41. The fourth-order valence-corrected chi connectivity index (χ4v) is 2.69. The van der Waals surface area contributed by atoms with Crippen LogP contribution < -0.4 is 14.8 Å². The van der Waals surface area contributed by atoms with E-state index in [-0.39, 0.29) is 12.3 Å². The summed E-state index contributed by atoms with van der Waals surface area (Å²) in [5, 5.41) is 6.72. The molecule has 0 saturated heterocycles. The fourth-order valence-electron chi connectivity index (χ4n) is 2.69. The Morgan fingerprint density at radius 2 is 1.89 bits per heavy atom. The normalized spacial score (nSPS) is 13.0. The van der Waals surface area contributed by atoms with Gasteiger partial charge < -0.3 is 19.3 Å². The first kappa shape index (κ1) is 17.9. The molecular weight excluding hydrogens is 362 g/mol. The molecule has 28 heavy (non-hydrogen) atoms. The number of benzene rings is 1. The number of aryl methyl sites for hydroxylation is 1. The molecular formula is C19H19N5O4. The van der Waals surface area contributed by atoms with Crippen LogP contribution in [-0.2, 0) is 17.8 Å². The number of carbonyl (C=O) groups excluding carboxylic acids is 1. The summed E-state index contributed by atoms with van der Waals surface area (Å²) in [6, 6.07) is 7.38. The lowest BCUT2D eigenvalue weighted by molar-refractivity contribution is -0.121. The van der Waals surface area contributed by atoms with Gasteiger partial charge >= 0.3 is 0 Å². The summed E-state index contributed by atoms with van der Waals surface area (Å²) < 4.78 is 16.4. The Hall–Kier alpha value is -3.49. The maximum atomic E-state index is 12.1. The van der Waals surface area contributed by atoms with Crippen LogP contribution in [0.5, 0.6) is 11.5 Å². The molecule has 0 spiro atoms. The van der Waals surface area contributed by atoms with E-state index >= 15 is 0 Å². The Bertz CT molecular complexity index is 945. The highest BCUT2D eigenvalue weighted by Crippen LogP contribution is 2.30. The Morgan fingerprint density at radius 3 is 2.75 bits per heavy atom. The van der Waals surface area contributed by atoms with E-state index in [0.717, 1.165) is 17.7 Å². The quantitative estimate of drug-likeness (QED) is 0.689. The minimum Gasteiger partial charge on any atom is -0.490 e. The molecule has 1 amide bonds. The molecule has 0 atom stereocenters. The Labute approximate surface area is 161 Å². The maximum absolute atomic E-state index is 12.1. The molecule has 1 N–H and O–H groups in total. The number of fused-ring (bicyclic) bond motifs is 1. The molecule has 4 rings (SSSR count). The van der Waals surface area contributed by atoms with Crippen LogP contribution in [0.4, 0.5) is 0 Å². The van der Waals surface area contributed by atoms with E-state index in [1.807, 2.05) is 18.2 Å². The number of rotatable bonds is 6. The van der Waals surface area contributed by atoms with Crippen molar-refractivity contribution in [3.63, 3.8) is 0 Å². The molecule has 144 valence electrons. The van der Waals surface area contributed by atoms with Crippen molar-refractivity contribution in [3.8, 4) is 23.1 Å². The average molecular weight is 381 g/mol. The molecule has 9 nitrogen and oxygen atoms in total. The molecule has 0 unspecified atom stereocenters. The topological polar surface area (TPSA) is 112 Å². The van der Waals surface area contributed by atoms with Crippen molar-refractivity contribution in [2.75, 3.05) is 13.2 Å². The molecule has 1 aliphatic rings. The third-order valence-corrected chi connectivity index (χ3v) is 4.10. The van der Waals surface area contributed by atoms with Crippen LogP contribution >= 0.6 is 0 Å². The number of aromatic nitrogens is 4. The van der Waals surface area contributed by atoms with Crippen molar-refractivity contribution in [1.29, 1.82) is 0 Å². The lowest BCUT2D eigenvalue weighted by Crippen LogP contribution is -2.23. The summed E-state index contributed by atoms with van der Waals surface area (Å²) in [5.41, 5.74) is 0.943. The second-order valence-electron chi connectivity index (χ2n) is 6.19. The van der Waals surface area contributed by atoms with Crippen molar-refractivity contribution < 1.29 is 18.8 Å². The summed E-state index contributed by atoms with van der Waals surface area (Å²) >= 11 is 0. The lowest BCUT2D eigenvalue weighted by Gasteiger charge is -2.10. The highest BCUT2D eigenvalue weighted by Gasteiger charge is 2.13. The van der Waals surface area contributed by atoms with Crippen molar-refractivity contribution in [2.45, 2.75) is 25.8 Å². The van der Waals surface area contributed by atoms with Crippen LogP contribution in [0.15, 0.2) is 41.2 Å². The van der Waals surface area contributed by atoms with Crippen LogP contribution in [0.25, 0.3) is 11.6 Å². The van der Waals surface area contributed by atoms with E-state index in [4.69, 9.17) is 14.0 Å². The first-order valence-electron chi connectivity index (χ1n) is 9.03. The second kappa shape index (κ2) is 8.47. The second-order valence-corrected chi connectivity index (χ2v) is 6.19. The SMILES string of the molecule is O=C(CCc1nc(-c2ncccn2)no1)NCc1ccc2c(c1)OCCCO2. The van der Waals surface area contributed by atoms with Crippen molar-refractivity contribution >= 4 is 5.91 Å². The number of hydrogen-bond acceptors (Lipinski definition) is 8. The van der Waals surface area contributed by atoms with Gasteiger partial charge in [0.15, 0.2) is 11.5 Å². The zero-order valence-corrected chi connectivity index (χ0v) is 15.1. The van der Waals surface area contributed by atoms with Gasteiger partial charge in [-0.2, -0.15) is 4.98 Å². The summed E-state index contributed by atoms with van der Waals surface area (Å²) in [4.78, 5) is 24.5. The van der Waals surface area contributed by atoms with Crippen LogP contribution in [0.1, 0.15) is 24.3 Å². The third-order valence-electron chi connectivity index (χ3n) is 4.10. The molecule has 0 bridgehead atoms. The third kappa shape index (κ3) is 4.43. The molecule has 0 radical (unpaired) electrons. The van der Waals surface area contributed by atoms with E-state index < -0.39 is 0 Å². The fraction of sp³-hybridized carbons (Fsp3) is 0.316. The zero-order chi connectivity index (χ0) is 19.2.